The Morgan fingerprint density at radius 1 is 1.14 bits per heavy atom. The van der Waals surface area contributed by atoms with Gasteiger partial charge in [-0.25, -0.2) is 0 Å². The van der Waals surface area contributed by atoms with Crippen LogP contribution in [0, 0.1) is 5.92 Å². The third-order valence-corrected chi connectivity index (χ3v) is 3.18. The third kappa shape index (κ3) is 3.79. The molecule has 0 aliphatic heterocycles. The standard InChI is InChI=1S/C12H22O2/c1-10(13)11-8-6-4-2-3-5-7-9-12(11)14/h10-11,13H,2-9H2,1H3. The van der Waals surface area contributed by atoms with E-state index in [1.54, 1.807) is 6.92 Å². The molecule has 2 unspecified atom stereocenters. The summed E-state index contributed by atoms with van der Waals surface area (Å²) in [5, 5.41) is 9.51. The van der Waals surface area contributed by atoms with Crippen molar-refractivity contribution < 1.29 is 9.90 Å². The molecule has 1 aliphatic rings. The van der Waals surface area contributed by atoms with E-state index in [4.69, 9.17) is 0 Å². The zero-order chi connectivity index (χ0) is 10.4. The lowest BCUT2D eigenvalue weighted by molar-refractivity contribution is -0.126. The number of carbonyl (C=O) groups is 1. The Morgan fingerprint density at radius 2 is 1.71 bits per heavy atom. The summed E-state index contributed by atoms with van der Waals surface area (Å²) in [6, 6.07) is 0. The molecule has 1 saturated carbocycles. The third-order valence-electron chi connectivity index (χ3n) is 3.18. The summed E-state index contributed by atoms with van der Waals surface area (Å²) in [4.78, 5) is 11.7. The molecule has 0 aromatic carbocycles. The van der Waals surface area contributed by atoms with Crippen molar-refractivity contribution in [3.8, 4) is 0 Å². The van der Waals surface area contributed by atoms with E-state index in [-0.39, 0.29) is 11.7 Å². The lowest BCUT2D eigenvalue weighted by Gasteiger charge is -2.19. The van der Waals surface area contributed by atoms with Gasteiger partial charge >= 0.3 is 0 Å². The molecule has 82 valence electrons. The predicted molar refractivity (Wildman–Crippen MR) is 57.1 cm³/mol. The van der Waals surface area contributed by atoms with E-state index in [2.05, 4.69) is 0 Å². The molecule has 0 spiro atoms. The van der Waals surface area contributed by atoms with Crippen molar-refractivity contribution in [3.63, 3.8) is 0 Å². The van der Waals surface area contributed by atoms with Crippen LogP contribution in [0.25, 0.3) is 0 Å². The van der Waals surface area contributed by atoms with E-state index >= 15 is 0 Å². The van der Waals surface area contributed by atoms with Gasteiger partial charge in [-0.2, -0.15) is 0 Å². The molecule has 2 heteroatoms. The second kappa shape index (κ2) is 6.18. The van der Waals surface area contributed by atoms with Crippen LogP contribution in [0.3, 0.4) is 0 Å². The molecule has 0 saturated heterocycles. The minimum absolute atomic E-state index is 0.0897. The molecule has 0 radical (unpaired) electrons. The molecule has 2 nitrogen and oxygen atoms in total. The van der Waals surface area contributed by atoms with Crippen LogP contribution < -0.4 is 0 Å². The Kier molecular flexibility index (Phi) is 5.16. The summed E-state index contributed by atoms with van der Waals surface area (Å²) in [7, 11) is 0. The highest BCUT2D eigenvalue weighted by Gasteiger charge is 2.22. The van der Waals surface area contributed by atoms with E-state index < -0.39 is 6.10 Å². The predicted octanol–water partition coefficient (Wildman–Crippen LogP) is 2.69. The van der Waals surface area contributed by atoms with Crippen molar-refractivity contribution >= 4 is 5.78 Å². The average Bonchev–Trinajstić information content (AvgIpc) is 2.15. The highest BCUT2D eigenvalue weighted by Crippen LogP contribution is 2.21. The van der Waals surface area contributed by atoms with Gasteiger partial charge in [-0.15, -0.1) is 0 Å². The molecule has 0 bridgehead atoms. The summed E-state index contributed by atoms with van der Waals surface area (Å²) < 4.78 is 0. The van der Waals surface area contributed by atoms with Gasteiger partial charge in [0.05, 0.1) is 6.10 Å². The second-order valence-electron chi connectivity index (χ2n) is 4.47. The Hall–Kier alpha value is -0.370. The highest BCUT2D eigenvalue weighted by atomic mass is 16.3. The molecule has 1 aliphatic carbocycles. The number of hydrogen-bond acceptors (Lipinski definition) is 2. The summed E-state index contributed by atoms with van der Waals surface area (Å²) in [6.07, 6.45) is 8.18. The SMILES string of the molecule is CC(O)C1CCCCCCCCC1=O. The highest BCUT2D eigenvalue weighted by molar-refractivity contribution is 5.81. The number of ketones is 1. The zero-order valence-electron chi connectivity index (χ0n) is 9.17. The maximum absolute atomic E-state index is 11.7. The van der Waals surface area contributed by atoms with Crippen LogP contribution in [0.5, 0.6) is 0 Å². The molecule has 0 heterocycles. The van der Waals surface area contributed by atoms with E-state index in [1.807, 2.05) is 0 Å². The molecule has 14 heavy (non-hydrogen) atoms. The van der Waals surface area contributed by atoms with Crippen LogP contribution in [0.15, 0.2) is 0 Å². The maximum Gasteiger partial charge on any atom is 0.138 e. The van der Waals surface area contributed by atoms with E-state index in [9.17, 15) is 9.90 Å². The number of aliphatic hydroxyl groups excluding tert-OH is 1. The van der Waals surface area contributed by atoms with Gasteiger partial charge < -0.3 is 5.11 Å². The first kappa shape index (κ1) is 11.7. The minimum atomic E-state index is -0.457. The first-order valence-corrected chi connectivity index (χ1v) is 5.92. The molecule has 1 fully saturated rings. The van der Waals surface area contributed by atoms with Gasteiger partial charge in [-0.1, -0.05) is 32.1 Å². The van der Waals surface area contributed by atoms with Crippen LogP contribution >= 0.6 is 0 Å². The summed E-state index contributed by atoms with van der Waals surface area (Å²) >= 11 is 0. The topological polar surface area (TPSA) is 37.3 Å². The van der Waals surface area contributed by atoms with Gasteiger partial charge in [0, 0.05) is 12.3 Å². The normalized spacial score (nSPS) is 28.4. The Bertz CT molecular complexity index is 175. The van der Waals surface area contributed by atoms with Gasteiger partial charge in [0.25, 0.3) is 0 Å². The minimum Gasteiger partial charge on any atom is -0.393 e. The zero-order valence-corrected chi connectivity index (χ0v) is 9.17. The summed E-state index contributed by atoms with van der Waals surface area (Å²) in [5.41, 5.74) is 0. The van der Waals surface area contributed by atoms with Crippen molar-refractivity contribution in [1.82, 2.24) is 0 Å². The Morgan fingerprint density at radius 3 is 2.36 bits per heavy atom. The number of rotatable bonds is 1. The average molecular weight is 198 g/mol. The van der Waals surface area contributed by atoms with Crippen LogP contribution in [0.4, 0.5) is 0 Å². The first-order chi connectivity index (χ1) is 6.72. The fourth-order valence-corrected chi connectivity index (χ4v) is 2.23. The van der Waals surface area contributed by atoms with Crippen LogP contribution in [-0.2, 0) is 4.79 Å². The molecule has 0 aromatic heterocycles. The van der Waals surface area contributed by atoms with Crippen LogP contribution in [0.2, 0.25) is 0 Å². The maximum atomic E-state index is 11.7. The van der Waals surface area contributed by atoms with Crippen molar-refractivity contribution in [2.45, 2.75) is 64.4 Å². The lowest BCUT2D eigenvalue weighted by atomic mass is 9.88. The fraction of sp³-hybridized carbons (Fsp3) is 0.917. The molecule has 0 amide bonds. The summed E-state index contributed by atoms with van der Waals surface area (Å²) in [5.74, 6) is 0.190. The number of hydrogen-bond donors (Lipinski definition) is 1. The van der Waals surface area contributed by atoms with Gasteiger partial charge in [0.15, 0.2) is 0 Å². The van der Waals surface area contributed by atoms with Crippen molar-refractivity contribution in [1.29, 1.82) is 0 Å². The Labute approximate surface area is 86.7 Å². The van der Waals surface area contributed by atoms with E-state index in [0.717, 1.165) is 19.3 Å². The van der Waals surface area contributed by atoms with Gasteiger partial charge in [-0.05, 0) is 19.8 Å². The monoisotopic (exact) mass is 198 g/mol. The molecule has 1 rings (SSSR count). The number of aliphatic hydroxyl groups is 1. The van der Waals surface area contributed by atoms with Crippen molar-refractivity contribution in [2.75, 3.05) is 0 Å². The summed E-state index contributed by atoms with van der Waals surface area (Å²) in [6.45, 7) is 1.74. The second-order valence-corrected chi connectivity index (χ2v) is 4.47. The number of carbonyl (C=O) groups excluding carboxylic acids is 1. The largest absolute Gasteiger partial charge is 0.393 e. The van der Waals surface area contributed by atoms with Gasteiger partial charge in [0.1, 0.15) is 5.78 Å². The van der Waals surface area contributed by atoms with Crippen molar-refractivity contribution in [3.05, 3.63) is 0 Å². The lowest BCUT2D eigenvalue weighted by Crippen LogP contribution is -2.26. The van der Waals surface area contributed by atoms with Crippen LogP contribution in [-0.4, -0.2) is 17.0 Å². The molecule has 2 atom stereocenters. The molecular formula is C12H22O2. The molecule has 1 N–H and O–H groups in total. The van der Waals surface area contributed by atoms with Crippen molar-refractivity contribution in [2.24, 2.45) is 5.92 Å². The molecular weight excluding hydrogens is 176 g/mol. The van der Waals surface area contributed by atoms with Gasteiger partial charge in [0.2, 0.25) is 0 Å². The number of Topliss-reactive ketones (excluding diaryl/α,β-unsaturated/α-hetero) is 1. The van der Waals surface area contributed by atoms with E-state index in [1.165, 1.54) is 25.7 Å². The Balaban J connectivity index is 2.46. The molecule has 0 aromatic rings. The fourth-order valence-electron chi connectivity index (χ4n) is 2.23. The van der Waals surface area contributed by atoms with Gasteiger partial charge in [-0.3, -0.25) is 4.79 Å². The van der Waals surface area contributed by atoms with E-state index in [0.29, 0.717) is 6.42 Å². The smallest absolute Gasteiger partial charge is 0.138 e. The van der Waals surface area contributed by atoms with Crippen LogP contribution in [0.1, 0.15) is 58.3 Å². The first-order valence-electron chi connectivity index (χ1n) is 5.92. The quantitative estimate of drug-likeness (QED) is 0.703.